The number of methoxy groups -OCH3 is 1. The molecule has 0 spiro atoms. The van der Waals surface area contributed by atoms with Gasteiger partial charge in [0.25, 0.3) is 0 Å². The minimum Gasteiger partial charge on any atom is -0.469 e. The minimum atomic E-state index is -0.124. The van der Waals surface area contributed by atoms with Crippen molar-refractivity contribution < 1.29 is 9.53 Å². The molecule has 0 amide bonds. The highest BCUT2D eigenvalue weighted by molar-refractivity contribution is 7.10. The molecule has 0 bridgehead atoms. The van der Waals surface area contributed by atoms with E-state index in [0.29, 0.717) is 6.42 Å². The Morgan fingerprint density at radius 2 is 2.31 bits per heavy atom. The van der Waals surface area contributed by atoms with Crippen molar-refractivity contribution in [2.45, 2.75) is 26.3 Å². The Bertz CT molecular complexity index is 336. The van der Waals surface area contributed by atoms with Crippen LogP contribution in [0, 0.1) is 6.92 Å². The third-order valence-corrected chi connectivity index (χ3v) is 3.54. The van der Waals surface area contributed by atoms with E-state index in [1.165, 1.54) is 17.6 Å². The normalized spacial score (nSPS) is 10.8. The van der Waals surface area contributed by atoms with Crippen LogP contribution in [0.3, 0.4) is 0 Å². The zero-order valence-electron chi connectivity index (χ0n) is 10.2. The Balaban J connectivity index is 2.24. The van der Waals surface area contributed by atoms with E-state index >= 15 is 0 Å². The summed E-state index contributed by atoms with van der Waals surface area (Å²) in [6.45, 7) is 4.02. The minimum absolute atomic E-state index is 0.124. The zero-order valence-corrected chi connectivity index (χ0v) is 11.0. The summed E-state index contributed by atoms with van der Waals surface area (Å²) in [5, 5.41) is 2.12. The van der Waals surface area contributed by atoms with Gasteiger partial charge in [-0.3, -0.25) is 4.79 Å². The number of hydrogen-bond acceptors (Lipinski definition) is 4. The maximum Gasteiger partial charge on any atom is 0.305 e. The fourth-order valence-corrected chi connectivity index (χ4v) is 2.47. The first-order chi connectivity index (χ1) is 7.63. The van der Waals surface area contributed by atoms with Crippen molar-refractivity contribution in [3.05, 3.63) is 21.9 Å². The molecule has 1 rings (SSSR count). The lowest BCUT2D eigenvalue weighted by Crippen LogP contribution is -2.19. The molecule has 0 aliphatic heterocycles. The number of ether oxygens (including phenoxy) is 1. The highest BCUT2D eigenvalue weighted by Gasteiger charge is 2.06. The van der Waals surface area contributed by atoms with Gasteiger partial charge in [0.05, 0.1) is 7.11 Å². The molecule has 0 atom stereocenters. The van der Waals surface area contributed by atoms with E-state index in [0.717, 1.165) is 19.5 Å². The van der Waals surface area contributed by atoms with Gasteiger partial charge in [-0.05, 0) is 43.9 Å². The quantitative estimate of drug-likeness (QED) is 0.716. The first kappa shape index (κ1) is 13.2. The van der Waals surface area contributed by atoms with E-state index in [2.05, 4.69) is 35.1 Å². The van der Waals surface area contributed by atoms with Gasteiger partial charge < -0.3 is 9.64 Å². The lowest BCUT2D eigenvalue weighted by Gasteiger charge is -2.15. The standard InChI is InChI=1S/C12H19NO2S/c1-10-6-8-16-11(10)9-13(2)7-4-5-12(14)15-3/h6,8H,4-5,7,9H2,1-3H3. The smallest absolute Gasteiger partial charge is 0.305 e. The third-order valence-electron chi connectivity index (χ3n) is 2.53. The van der Waals surface area contributed by atoms with Gasteiger partial charge in [-0.1, -0.05) is 0 Å². The maximum atomic E-state index is 10.9. The molecule has 0 unspecified atom stereocenters. The molecule has 1 aromatic rings. The fraction of sp³-hybridized carbons (Fsp3) is 0.583. The molecule has 0 aliphatic carbocycles. The SMILES string of the molecule is COC(=O)CCCN(C)Cc1sccc1C. The fourth-order valence-electron chi connectivity index (χ4n) is 1.49. The van der Waals surface area contributed by atoms with Crippen molar-refractivity contribution in [3.63, 3.8) is 0 Å². The number of thiophene rings is 1. The van der Waals surface area contributed by atoms with Gasteiger partial charge in [-0.25, -0.2) is 0 Å². The first-order valence-electron chi connectivity index (χ1n) is 5.42. The van der Waals surface area contributed by atoms with Crippen LogP contribution in [0.5, 0.6) is 0 Å². The van der Waals surface area contributed by atoms with Crippen LogP contribution in [0.15, 0.2) is 11.4 Å². The summed E-state index contributed by atoms with van der Waals surface area (Å²) in [4.78, 5) is 14.6. The molecule has 4 heteroatoms. The van der Waals surface area contributed by atoms with E-state index in [1.807, 2.05) is 0 Å². The summed E-state index contributed by atoms with van der Waals surface area (Å²) in [7, 11) is 3.51. The van der Waals surface area contributed by atoms with Crippen LogP contribution in [0.25, 0.3) is 0 Å². The molecule has 3 nitrogen and oxygen atoms in total. The van der Waals surface area contributed by atoms with Gasteiger partial charge in [0.1, 0.15) is 0 Å². The molecule has 90 valence electrons. The van der Waals surface area contributed by atoms with Crippen LogP contribution in [-0.4, -0.2) is 31.6 Å². The average molecular weight is 241 g/mol. The average Bonchev–Trinajstić information content (AvgIpc) is 2.64. The maximum absolute atomic E-state index is 10.9. The van der Waals surface area contributed by atoms with E-state index < -0.39 is 0 Å². The van der Waals surface area contributed by atoms with Crippen LogP contribution in [0.4, 0.5) is 0 Å². The lowest BCUT2D eigenvalue weighted by molar-refractivity contribution is -0.140. The Labute approximate surface area is 101 Å². The molecule has 16 heavy (non-hydrogen) atoms. The van der Waals surface area contributed by atoms with Gasteiger partial charge in [-0.15, -0.1) is 11.3 Å². The molecule has 1 aromatic heterocycles. The van der Waals surface area contributed by atoms with Gasteiger partial charge >= 0.3 is 5.97 Å². The second kappa shape index (κ2) is 6.66. The van der Waals surface area contributed by atoms with Crippen molar-refractivity contribution in [1.29, 1.82) is 0 Å². The van der Waals surface area contributed by atoms with Crippen LogP contribution < -0.4 is 0 Å². The van der Waals surface area contributed by atoms with Gasteiger partial charge in [0.2, 0.25) is 0 Å². The third kappa shape index (κ3) is 4.33. The van der Waals surface area contributed by atoms with Crippen molar-refractivity contribution in [3.8, 4) is 0 Å². The Kier molecular flexibility index (Phi) is 5.49. The van der Waals surface area contributed by atoms with Crippen molar-refractivity contribution in [2.75, 3.05) is 20.7 Å². The second-order valence-corrected chi connectivity index (χ2v) is 4.94. The second-order valence-electron chi connectivity index (χ2n) is 3.94. The summed E-state index contributed by atoms with van der Waals surface area (Å²) in [5.74, 6) is -0.124. The predicted octanol–water partition coefficient (Wildman–Crippen LogP) is 2.44. The topological polar surface area (TPSA) is 29.5 Å². The summed E-state index contributed by atoms with van der Waals surface area (Å²) in [6, 6.07) is 2.14. The molecule has 1 heterocycles. The Hall–Kier alpha value is -0.870. The van der Waals surface area contributed by atoms with Crippen LogP contribution in [0.2, 0.25) is 0 Å². The number of nitrogens with zero attached hydrogens (tertiary/aromatic N) is 1. The van der Waals surface area contributed by atoms with Gasteiger partial charge in [0.15, 0.2) is 0 Å². The first-order valence-corrected chi connectivity index (χ1v) is 6.29. The number of hydrogen-bond donors (Lipinski definition) is 0. The number of rotatable bonds is 6. The summed E-state index contributed by atoms with van der Waals surface area (Å²) in [5.41, 5.74) is 1.35. The monoisotopic (exact) mass is 241 g/mol. The molecule has 0 aliphatic rings. The molecule has 0 radical (unpaired) electrons. The van der Waals surface area contributed by atoms with E-state index in [1.54, 1.807) is 11.3 Å². The summed E-state index contributed by atoms with van der Waals surface area (Å²) in [6.07, 6.45) is 1.36. The Morgan fingerprint density at radius 1 is 1.56 bits per heavy atom. The molecular formula is C12H19NO2S. The molecule has 0 saturated carbocycles. The number of carbonyl (C=O) groups is 1. The molecular weight excluding hydrogens is 222 g/mol. The number of carbonyl (C=O) groups excluding carboxylic acids is 1. The van der Waals surface area contributed by atoms with E-state index in [-0.39, 0.29) is 5.97 Å². The van der Waals surface area contributed by atoms with Crippen LogP contribution in [0.1, 0.15) is 23.3 Å². The van der Waals surface area contributed by atoms with Crippen LogP contribution >= 0.6 is 11.3 Å². The van der Waals surface area contributed by atoms with Crippen molar-refractivity contribution in [2.24, 2.45) is 0 Å². The molecule has 0 saturated heterocycles. The Morgan fingerprint density at radius 3 is 2.88 bits per heavy atom. The number of esters is 1. The van der Waals surface area contributed by atoms with Gasteiger partial charge in [0, 0.05) is 17.8 Å². The van der Waals surface area contributed by atoms with E-state index in [4.69, 9.17) is 0 Å². The summed E-state index contributed by atoms with van der Waals surface area (Å²) < 4.78 is 4.60. The molecule has 0 fully saturated rings. The highest BCUT2D eigenvalue weighted by Crippen LogP contribution is 2.17. The number of aryl methyl sites for hydroxylation is 1. The highest BCUT2D eigenvalue weighted by atomic mass is 32.1. The largest absolute Gasteiger partial charge is 0.469 e. The molecule has 0 N–H and O–H groups in total. The van der Waals surface area contributed by atoms with Gasteiger partial charge in [-0.2, -0.15) is 0 Å². The predicted molar refractivity (Wildman–Crippen MR) is 66.6 cm³/mol. The molecule has 0 aromatic carbocycles. The van der Waals surface area contributed by atoms with Crippen molar-refractivity contribution in [1.82, 2.24) is 4.90 Å². The summed E-state index contributed by atoms with van der Waals surface area (Å²) >= 11 is 1.79. The van der Waals surface area contributed by atoms with Crippen molar-refractivity contribution >= 4 is 17.3 Å². The zero-order chi connectivity index (χ0) is 12.0. The van der Waals surface area contributed by atoms with Crippen LogP contribution in [-0.2, 0) is 16.1 Å². The lowest BCUT2D eigenvalue weighted by atomic mass is 10.2. The van der Waals surface area contributed by atoms with E-state index in [9.17, 15) is 4.79 Å².